The first-order chi connectivity index (χ1) is 11.7. The number of benzene rings is 1. The summed E-state index contributed by atoms with van der Waals surface area (Å²) in [4.78, 5) is 21.4. The zero-order valence-corrected chi connectivity index (χ0v) is 13.8. The van der Waals surface area contributed by atoms with E-state index in [1.54, 1.807) is 24.4 Å². The smallest absolute Gasteiger partial charge is 0.267 e. The molecule has 0 unspecified atom stereocenters. The highest BCUT2D eigenvalue weighted by molar-refractivity contribution is 7.21. The topological polar surface area (TPSA) is 54.9 Å². The Kier molecular flexibility index (Phi) is 3.79. The molecule has 0 bridgehead atoms. The first-order valence-electron chi connectivity index (χ1n) is 7.07. The van der Waals surface area contributed by atoms with Crippen LogP contribution in [0, 0.1) is 5.82 Å². The number of anilines is 1. The monoisotopic (exact) mass is 355 g/mol. The zero-order chi connectivity index (χ0) is 16.5. The quantitative estimate of drug-likeness (QED) is 0.574. The SMILES string of the molecule is O=C(Nc1nc(-c2ccccn2)cs1)c1cc2c(F)cccc2s1. The number of pyridine rings is 1. The summed E-state index contributed by atoms with van der Waals surface area (Å²) in [5, 5.41) is 5.54. The lowest BCUT2D eigenvalue weighted by molar-refractivity contribution is 0.103. The fourth-order valence-corrected chi connectivity index (χ4v) is 3.93. The molecule has 0 aliphatic rings. The molecule has 0 radical (unpaired) electrons. The summed E-state index contributed by atoms with van der Waals surface area (Å²) < 4.78 is 14.5. The number of amides is 1. The highest BCUT2D eigenvalue weighted by atomic mass is 32.1. The van der Waals surface area contributed by atoms with Crippen molar-refractivity contribution in [1.82, 2.24) is 9.97 Å². The molecule has 0 atom stereocenters. The van der Waals surface area contributed by atoms with Gasteiger partial charge in [0.25, 0.3) is 5.91 Å². The maximum atomic E-state index is 13.7. The Morgan fingerprint density at radius 2 is 2.04 bits per heavy atom. The van der Waals surface area contributed by atoms with E-state index in [1.165, 1.54) is 28.7 Å². The highest BCUT2D eigenvalue weighted by Crippen LogP contribution is 2.29. The summed E-state index contributed by atoms with van der Waals surface area (Å²) >= 11 is 2.58. The van der Waals surface area contributed by atoms with Crippen LogP contribution in [0.25, 0.3) is 21.5 Å². The summed E-state index contributed by atoms with van der Waals surface area (Å²) in [5.74, 6) is -0.619. The molecule has 0 aliphatic heterocycles. The molecular formula is C17H10FN3OS2. The molecule has 3 aromatic heterocycles. The molecular weight excluding hydrogens is 345 g/mol. The molecule has 0 saturated carbocycles. The van der Waals surface area contributed by atoms with Gasteiger partial charge >= 0.3 is 0 Å². The number of thiazole rings is 1. The molecule has 0 spiro atoms. The van der Waals surface area contributed by atoms with Gasteiger partial charge in [-0.15, -0.1) is 22.7 Å². The molecule has 24 heavy (non-hydrogen) atoms. The maximum absolute atomic E-state index is 13.7. The molecule has 4 aromatic rings. The van der Waals surface area contributed by atoms with Gasteiger partial charge in [-0.1, -0.05) is 12.1 Å². The van der Waals surface area contributed by atoms with Gasteiger partial charge in [-0.2, -0.15) is 0 Å². The van der Waals surface area contributed by atoms with Gasteiger partial charge in [-0.25, -0.2) is 9.37 Å². The van der Waals surface area contributed by atoms with Gasteiger partial charge in [0.1, 0.15) is 11.5 Å². The third kappa shape index (κ3) is 2.79. The number of carbonyl (C=O) groups excluding carboxylic acids is 1. The first-order valence-corrected chi connectivity index (χ1v) is 8.77. The second-order valence-corrected chi connectivity index (χ2v) is 6.91. The molecule has 4 rings (SSSR count). The van der Waals surface area contributed by atoms with Gasteiger partial charge in [0, 0.05) is 21.7 Å². The number of aromatic nitrogens is 2. The average molecular weight is 355 g/mol. The predicted molar refractivity (Wildman–Crippen MR) is 95.1 cm³/mol. The lowest BCUT2D eigenvalue weighted by Crippen LogP contribution is -2.09. The van der Waals surface area contributed by atoms with Crippen molar-refractivity contribution >= 4 is 43.8 Å². The van der Waals surface area contributed by atoms with E-state index < -0.39 is 0 Å². The van der Waals surface area contributed by atoms with Crippen molar-refractivity contribution in [2.24, 2.45) is 0 Å². The van der Waals surface area contributed by atoms with E-state index in [1.807, 2.05) is 23.6 Å². The molecule has 4 nitrogen and oxygen atoms in total. The van der Waals surface area contributed by atoms with E-state index in [9.17, 15) is 9.18 Å². The van der Waals surface area contributed by atoms with Crippen molar-refractivity contribution in [3.63, 3.8) is 0 Å². The summed E-state index contributed by atoms with van der Waals surface area (Å²) in [6, 6.07) is 12.0. The Morgan fingerprint density at radius 1 is 1.12 bits per heavy atom. The van der Waals surface area contributed by atoms with E-state index >= 15 is 0 Å². The minimum Gasteiger partial charge on any atom is -0.297 e. The van der Waals surface area contributed by atoms with Gasteiger partial charge in [0.2, 0.25) is 0 Å². The molecule has 1 amide bonds. The minimum absolute atomic E-state index is 0.294. The highest BCUT2D eigenvalue weighted by Gasteiger charge is 2.14. The van der Waals surface area contributed by atoms with Crippen LogP contribution < -0.4 is 5.32 Å². The molecule has 118 valence electrons. The van der Waals surface area contributed by atoms with Crippen molar-refractivity contribution in [3.8, 4) is 11.4 Å². The molecule has 1 aromatic carbocycles. The van der Waals surface area contributed by atoms with Crippen molar-refractivity contribution in [2.75, 3.05) is 5.32 Å². The Labute approximate surface area is 144 Å². The van der Waals surface area contributed by atoms with Crippen LogP contribution in [0.3, 0.4) is 0 Å². The Hall–Kier alpha value is -2.64. The molecule has 3 heterocycles. The van der Waals surface area contributed by atoms with Crippen molar-refractivity contribution in [1.29, 1.82) is 0 Å². The van der Waals surface area contributed by atoms with E-state index in [0.29, 0.717) is 21.1 Å². The van der Waals surface area contributed by atoms with Crippen LogP contribution in [-0.2, 0) is 0 Å². The van der Waals surface area contributed by atoms with Gasteiger partial charge in [-0.05, 0) is 30.3 Å². The summed E-state index contributed by atoms with van der Waals surface area (Å²) in [7, 11) is 0. The Bertz CT molecular complexity index is 1030. The summed E-state index contributed by atoms with van der Waals surface area (Å²) in [5.41, 5.74) is 1.46. The largest absolute Gasteiger partial charge is 0.297 e. The Balaban J connectivity index is 1.57. The van der Waals surface area contributed by atoms with Crippen LogP contribution in [0.1, 0.15) is 9.67 Å². The molecule has 0 saturated heterocycles. The maximum Gasteiger partial charge on any atom is 0.267 e. The summed E-state index contributed by atoms with van der Waals surface area (Å²) in [6.07, 6.45) is 1.69. The van der Waals surface area contributed by atoms with Crippen LogP contribution in [-0.4, -0.2) is 15.9 Å². The van der Waals surface area contributed by atoms with E-state index in [0.717, 1.165) is 10.4 Å². The predicted octanol–water partition coefficient (Wildman–Crippen LogP) is 4.81. The Morgan fingerprint density at radius 3 is 2.83 bits per heavy atom. The second-order valence-electron chi connectivity index (χ2n) is 4.97. The summed E-state index contributed by atoms with van der Waals surface area (Å²) in [6.45, 7) is 0. The normalized spacial score (nSPS) is 10.9. The fraction of sp³-hybridized carbons (Fsp3) is 0. The number of nitrogens with zero attached hydrogens (tertiary/aromatic N) is 2. The van der Waals surface area contributed by atoms with Crippen LogP contribution in [0.5, 0.6) is 0 Å². The number of thiophene rings is 1. The van der Waals surface area contributed by atoms with Gasteiger partial charge in [-0.3, -0.25) is 15.1 Å². The average Bonchev–Trinajstić information content (AvgIpc) is 3.23. The van der Waals surface area contributed by atoms with Crippen molar-refractivity contribution in [3.05, 3.63) is 64.7 Å². The second kappa shape index (κ2) is 6.10. The van der Waals surface area contributed by atoms with Crippen LogP contribution >= 0.6 is 22.7 Å². The van der Waals surface area contributed by atoms with Gasteiger partial charge in [0.05, 0.1) is 10.6 Å². The standard InChI is InChI=1S/C17H10FN3OS2/c18-11-4-3-6-14-10(11)8-15(24-14)16(22)21-17-20-13(9-23-17)12-5-1-2-7-19-12/h1-9H,(H,20,21,22). The van der Waals surface area contributed by atoms with Gasteiger partial charge < -0.3 is 0 Å². The van der Waals surface area contributed by atoms with Crippen molar-refractivity contribution in [2.45, 2.75) is 0 Å². The van der Waals surface area contributed by atoms with E-state index in [4.69, 9.17) is 0 Å². The third-order valence-electron chi connectivity index (χ3n) is 3.38. The van der Waals surface area contributed by atoms with Crippen molar-refractivity contribution < 1.29 is 9.18 Å². The lowest BCUT2D eigenvalue weighted by atomic mass is 10.2. The van der Waals surface area contributed by atoms with Crippen LogP contribution in [0.15, 0.2) is 54.0 Å². The first kappa shape index (κ1) is 14.9. The molecule has 1 N–H and O–H groups in total. The third-order valence-corrected chi connectivity index (χ3v) is 5.24. The van der Waals surface area contributed by atoms with E-state index in [2.05, 4.69) is 15.3 Å². The number of hydrogen-bond acceptors (Lipinski definition) is 5. The van der Waals surface area contributed by atoms with E-state index in [-0.39, 0.29) is 11.7 Å². The zero-order valence-electron chi connectivity index (χ0n) is 12.2. The number of hydrogen-bond donors (Lipinski definition) is 1. The van der Waals surface area contributed by atoms with Gasteiger partial charge in [0.15, 0.2) is 5.13 Å². The van der Waals surface area contributed by atoms with Crippen LogP contribution in [0.4, 0.5) is 9.52 Å². The molecule has 0 aliphatic carbocycles. The number of rotatable bonds is 3. The number of nitrogens with one attached hydrogen (secondary N) is 1. The lowest BCUT2D eigenvalue weighted by Gasteiger charge is -1.98. The number of fused-ring (bicyclic) bond motifs is 1. The molecule has 7 heteroatoms. The number of halogens is 1. The number of carbonyl (C=O) groups is 1. The molecule has 0 fully saturated rings. The fourth-order valence-electron chi connectivity index (χ4n) is 2.26. The van der Waals surface area contributed by atoms with Crippen LogP contribution in [0.2, 0.25) is 0 Å². The minimum atomic E-state index is -0.325.